The van der Waals surface area contributed by atoms with Crippen LogP contribution in [0.4, 0.5) is 4.39 Å². The molecule has 0 amide bonds. The Bertz CT molecular complexity index is 504. The fourth-order valence-electron chi connectivity index (χ4n) is 1.99. The first-order chi connectivity index (χ1) is 8.72. The molecule has 0 aromatic heterocycles. The Morgan fingerprint density at radius 3 is 2.11 bits per heavy atom. The fraction of sp³-hybridized carbons (Fsp3) is 0.125. The molecule has 0 saturated carbocycles. The Labute approximate surface area is 106 Å². The molecule has 2 rings (SSSR count). The Kier molecular flexibility index (Phi) is 3.90. The van der Waals surface area contributed by atoms with Crippen molar-refractivity contribution in [3.05, 3.63) is 84.2 Å². The normalized spacial score (nSPS) is 13.9. The first kappa shape index (κ1) is 12.5. The van der Waals surface area contributed by atoms with Crippen molar-refractivity contribution in [2.75, 3.05) is 0 Å². The van der Waals surface area contributed by atoms with Crippen molar-refractivity contribution in [3.63, 3.8) is 0 Å². The van der Waals surface area contributed by atoms with Crippen LogP contribution < -0.4 is 0 Å². The van der Waals surface area contributed by atoms with Crippen LogP contribution in [0.25, 0.3) is 0 Å². The fourth-order valence-corrected chi connectivity index (χ4v) is 1.99. The van der Waals surface area contributed by atoms with E-state index in [1.54, 1.807) is 18.2 Å². The predicted octanol–water partition coefficient (Wildman–Crippen LogP) is 3.83. The summed E-state index contributed by atoms with van der Waals surface area (Å²) in [5, 5.41) is 10.3. The molecular formula is C16H15FO. The average molecular weight is 242 g/mol. The molecule has 0 spiro atoms. The van der Waals surface area contributed by atoms with Crippen molar-refractivity contribution in [2.24, 2.45) is 0 Å². The van der Waals surface area contributed by atoms with Crippen LogP contribution in [-0.4, -0.2) is 5.11 Å². The van der Waals surface area contributed by atoms with Crippen molar-refractivity contribution in [3.8, 4) is 0 Å². The average Bonchev–Trinajstić information content (AvgIpc) is 2.41. The maximum atomic E-state index is 12.9. The number of hydrogen-bond donors (Lipinski definition) is 1. The number of halogens is 1. The van der Waals surface area contributed by atoms with Crippen molar-refractivity contribution < 1.29 is 9.50 Å². The van der Waals surface area contributed by atoms with E-state index < -0.39 is 6.10 Å². The molecule has 0 aliphatic heterocycles. The molecule has 0 bridgehead atoms. The lowest BCUT2D eigenvalue weighted by Gasteiger charge is -2.20. The van der Waals surface area contributed by atoms with Crippen LogP contribution in [0.3, 0.4) is 0 Å². The van der Waals surface area contributed by atoms with Gasteiger partial charge in [0.25, 0.3) is 0 Å². The minimum atomic E-state index is -0.717. The van der Waals surface area contributed by atoms with Crippen LogP contribution >= 0.6 is 0 Å². The van der Waals surface area contributed by atoms with Gasteiger partial charge in [-0.05, 0) is 23.3 Å². The summed E-state index contributed by atoms with van der Waals surface area (Å²) in [6, 6.07) is 15.5. The summed E-state index contributed by atoms with van der Waals surface area (Å²) in [5.74, 6) is -0.502. The Morgan fingerprint density at radius 2 is 1.56 bits per heavy atom. The Morgan fingerprint density at radius 1 is 0.944 bits per heavy atom. The SMILES string of the molecule is C=C[C@H](c1ccccc1)[C@H](O)c1ccc(F)cc1. The van der Waals surface area contributed by atoms with Crippen molar-refractivity contribution in [1.29, 1.82) is 0 Å². The molecule has 0 heterocycles. The number of hydrogen-bond acceptors (Lipinski definition) is 1. The van der Waals surface area contributed by atoms with Gasteiger partial charge in [0.2, 0.25) is 0 Å². The van der Waals surface area contributed by atoms with E-state index >= 15 is 0 Å². The molecule has 0 saturated heterocycles. The molecule has 2 aromatic rings. The van der Waals surface area contributed by atoms with Gasteiger partial charge in [-0.15, -0.1) is 6.58 Å². The maximum absolute atomic E-state index is 12.9. The molecule has 18 heavy (non-hydrogen) atoms. The second kappa shape index (κ2) is 5.61. The summed E-state index contributed by atoms with van der Waals surface area (Å²) in [7, 11) is 0. The van der Waals surface area contributed by atoms with Crippen LogP contribution in [0, 0.1) is 5.82 Å². The van der Waals surface area contributed by atoms with E-state index in [0.717, 1.165) is 5.56 Å². The van der Waals surface area contributed by atoms with E-state index in [1.807, 2.05) is 30.3 Å². The quantitative estimate of drug-likeness (QED) is 0.808. The summed E-state index contributed by atoms with van der Waals surface area (Å²) in [4.78, 5) is 0. The number of benzene rings is 2. The third-order valence-corrected chi connectivity index (χ3v) is 2.99. The largest absolute Gasteiger partial charge is 0.387 e. The number of aliphatic hydroxyl groups is 1. The van der Waals surface area contributed by atoms with Gasteiger partial charge in [-0.25, -0.2) is 4.39 Å². The highest BCUT2D eigenvalue weighted by Gasteiger charge is 2.19. The molecule has 2 aromatic carbocycles. The maximum Gasteiger partial charge on any atom is 0.123 e. The summed E-state index contributed by atoms with van der Waals surface area (Å²) >= 11 is 0. The van der Waals surface area contributed by atoms with Gasteiger partial charge in [-0.3, -0.25) is 0 Å². The molecule has 0 unspecified atom stereocenters. The minimum Gasteiger partial charge on any atom is -0.387 e. The molecule has 1 nitrogen and oxygen atoms in total. The molecule has 0 aliphatic rings. The number of rotatable bonds is 4. The molecule has 1 N–H and O–H groups in total. The standard InChI is InChI=1S/C16H15FO/c1-2-15(12-6-4-3-5-7-12)16(18)13-8-10-14(17)11-9-13/h2-11,15-16,18H,1H2/t15-,16-/m1/s1. The van der Waals surface area contributed by atoms with Crippen LogP contribution in [0.1, 0.15) is 23.1 Å². The summed E-state index contributed by atoms with van der Waals surface area (Å²) in [6.45, 7) is 3.77. The molecule has 0 radical (unpaired) electrons. The van der Waals surface area contributed by atoms with Crippen LogP contribution in [0.15, 0.2) is 67.3 Å². The van der Waals surface area contributed by atoms with Crippen molar-refractivity contribution in [1.82, 2.24) is 0 Å². The highest BCUT2D eigenvalue weighted by atomic mass is 19.1. The third kappa shape index (κ3) is 2.66. The monoisotopic (exact) mass is 242 g/mol. The number of aliphatic hydroxyl groups excluding tert-OH is 1. The highest BCUT2D eigenvalue weighted by molar-refractivity contribution is 5.29. The molecule has 0 fully saturated rings. The Balaban J connectivity index is 2.28. The van der Waals surface area contributed by atoms with E-state index in [9.17, 15) is 9.50 Å². The molecule has 92 valence electrons. The van der Waals surface area contributed by atoms with Gasteiger partial charge in [-0.1, -0.05) is 48.5 Å². The van der Waals surface area contributed by atoms with E-state index in [0.29, 0.717) is 5.56 Å². The van der Waals surface area contributed by atoms with Crippen LogP contribution in [0.5, 0.6) is 0 Å². The lowest BCUT2D eigenvalue weighted by Crippen LogP contribution is -2.08. The van der Waals surface area contributed by atoms with Crippen molar-refractivity contribution in [2.45, 2.75) is 12.0 Å². The zero-order chi connectivity index (χ0) is 13.0. The van der Waals surface area contributed by atoms with Crippen LogP contribution in [0.2, 0.25) is 0 Å². The van der Waals surface area contributed by atoms with Gasteiger partial charge in [0.15, 0.2) is 0 Å². The Hall–Kier alpha value is -1.93. The van der Waals surface area contributed by atoms with Gasteiger partial charge >= 0.3 is 0 Å². The molecule has 2 atom stereocenters. The lowest BCUT2D eigenvalue weighted by molar-refractivity contribution is 0.162. The van der Waals surface area contributed by atoms with E-state index in [-0.39, 0.29) is 11.7 Å². The van der Waals surface area contributed by atoms with Gasteiger partial charge in [0.05, 0.1) is 6.10 Å². The van der Waals surface area contributed by atoms with Crippen LogP contribution in [-0.2, 0) is 0 Å². The van der Waals surface area contributed by atoms with Gasteiger partial charge in [0.1, 0.15) is 5.82 Å². The summed E-state index contributed by atoms with van der Waals surface area (Å²) in [6.07, 6.45) is 0.995. The summed E-state index contributed by atoms with van der Waals surface area (Å²) < 4.78 is 12.9. The second-order valence-corrected chi connectivity index (χ2v) is 4.17. The van der Waals surface area contributed by atoms with E-state index in [4.69, 9.17) is 0 Å². The second-order valence-electron chi connectivity index (χ2n) is 4.17. The molecular weight excluding hydrogens is 227 g/mol. The van der Waals surface area contributed by atoms with Crippen molar-refractivity contribution >= 4 is 0 Å². The third-order valence-electron chi connectivity index (χ3n) is 2.99. The van der Waals surface area contributed by atoms with Gasteiger partial charge in [0, 0.05) is 5.92 Å². The summed E-state index contributed by atoms with van der Waals surface area (Å²) in [5.41, 5.74) is 1.68. The first-order valence-electron chi connectivity index (χ1n) is 5.83. The zero-order valence-corrected chi connectivity index (χ0v) is 9.96. The van der Waals surface area contributed by atoms with Gasteiger partial charge in [-0.2, -0.15) is 0 Å². The first-order valence-corrected chi connectivity index (χ1v) is 5.83. The molecule has 0 aliphatic carbocycles. The lowest BCUT2D eigenvalue weighted by atomic mass is 9.89. The zero-order valence-electron chi connectivity index (χ0n) is 9.96. The van der Waals surface area contributed by atoms with E-state index in [1.165, 1.54) is 12.1 Å². The smallest absolute Gasteiger partial charge is 0.123 e. The molecule has 2 heteroatoms. The predicted molar refractivity (Wildman–Crippen MR) is 70.7 cm³/mol. The highest BCUT2D eigenvalue weighted by Crippen LogP contribution is 2.31. The topological polar surface area (TPSA) is 20.2 Å². The minimum absolute atomic E-state index is 0.198. The van der Waals surface area contributed by atoms with E-state index in [2.05, 4.69) is 6.58 Å². The van der Waals surface area contributed by atoms with Gasteiger partial charge < -0.3 is 5.11 Å².